The van der Waals surface area contributed by atoms with Gasteiger partial charge in [0, 0.05) is 32.2 Å². The van der Waals surface area contributed by atoms with Gasteiger partial charge in [0.2, 0.25) is 0 Å². The molecule has 1 rings (SSSR count). The highest BCUT2D eigenvalue weighted by atomic mass is 15.2. The molecule has 3 nitrogen and oxygen atoms in total. The van der Waals surface area contributed by atoms with Crippen molar-refractivity contribution >= 4 is 0 Å². The second-order valence-corrected chi connectivity index (χ2v) is 5.17. The standard InChI is InChI=1S/C10H23N3/c1-10(2)7-12(3)6-9(5-11)13(4)8-10/h9H,5-8,11H2,1-4H3. The average molecular weight is 185 g/mol. The van der Waals surface area contributed by atoms with E-state index in [1.54, 1.807) is 0 Å². The van der Waals surface area contributed by atoms with Gasteiger partial charge in [-0.05, 0) is 19.5 Å². The zero-order chi connectivity index (χ0) is 10.1. The average Bonchev–Trinajstić information content (AvgIpc) is 2.05. The molecule has 13 heavy (non-hydrogen) atoms. The maximum Gasteiger partial charge on any atom is 0.0342 e. The number of likely N-dealkylation sites (N-methyl/N-ethyl adjacent to an activating group) is 2. The minimum Gasteiger partial charge on any atom is -0.329 e. The van der Waals surface area contributed by atoms with Crippen LogP contribution in [0.1, 0.15) is 13.8 Å². The summed E-state index contributed by atoms with van der Waals surface area (Å²) in [5.74, 6) is 0. The Morgan fingerprint density at radius 2 is 1.92 bits per heavy atom. The number of hydrogen-bond acceptors (Lipinski definition) is 3. The number of hydrogen-bond donors (Lipinski definition) is 1. The third-order valence-electron chi connectivity index (χ3n) is 2.79. The molecule has 1 unspecified atom stereocenters. The third kappa shape index (κ3) is 2.93. The molecule has 0 aromatic rings. The van der Waals surface area contributed by atoms with Crippen LogP contribution >= 0.6 is 0 Å². The molecule has 1 aliphatic rings. The van der Waals surface area contributed by atoms with E-state index in [9.17, 15) is 0 Å². The molecule has 1 fully saturated rings. The Morgan fingerprint density at radius 3 is 2.46 bits per heavy atom. The second kappa shape index (κ2) is 3.95. The molecular weight excluding hydrogens is 162 g/mol. The number of rotatable bonds is 1. The first-order valence-corrected chi connectivity index (χ1v) is 5.03. The lowest BCUT2D eigenvalue weighted by atomic mass is 9.93. The Bertz CT molecular complexity index is 168. The first-order valence-electron chi connectivity index (χ1n) is 5.03. The van der Waals surface area contributed by atoms with Gasteiger partial charge >= 0.3 is 0 Å². The second-order valence-electron chi connectivity index (χ2n) is 5.17. The van der Waals surface area contributed by atoms with Crippen molar-refractivity contribution in [1.29, 1.82) is 0 Å². The lowest BCUT2D eigenvalue weighted by molar-refractivity contribution is 0.195. The molecular formula is C10H23N3. The highest BCUT2D eigenvalue weighted by Gasteiger charge is 2.29. The van der Waals surface area contributed by atoms with Crippen molar-refractivity contribution in [2.45, 2.75) is 19.9 Å². The quantitative estimate of drug-likeness (QED) is 0.634. The van der Waals surface area contributed by atoms with Crippen LogP contribution < -0.4 is 5.73 Å². The Labute approximate surface area is 81.9 Å². The van der Waals surface area contributed by atoms with Crippen molar-refractivity contribution in [2.24, 2.45) is 11.1 Å². The van der Waals surface area contributed by atoms with E-state index in [1.165, 1.54) is 0 Å². The van der Waals surface area contributed by atoms with Gasteiger partial charge in [0.25, 0.3) is 0 Å². The summed E-state index contributed by atoms with van der Waals surface area (Å²) in [6.45, 7) is 8.79. The molecule has 0 radical (unpaired) electrons. The molecule has 1 aliphatic heterocycles. The maximum absolute atomic E-state index is 5.75. The topological polar surface area (TPSA) is 32.5 Å². The first kappa shape index (κ1) is 11.0. The Hall–Kier alpha value is -0.120. The van der Waals surface area contributed by atoms with E-state index < -0.39 is 0 Å². The summed E-state index contributed by atoms with van der Waals surface area (Å²) in [7, 11) is 4.36. The van der Waals surface area contributed by atoms with Crippen LogP contribution in [0.2, 0.25) is 0 Å². The van der Waals surface area contributed by atoms with Crippen LogP contribution in [0, 0.1) is 5.41 Å². The Balaban J connectivity index is 2.68. The van der Waals surface area contributed by atoms with Crippen LogP contribution in [0.3, 0.4) is 0 Å². The van der Waals surface area contributed by atoms with Gasteiger partial charge in [0.1, 0.15) is 0 Å². The summed E-state index contributed by atoms with van der Waals surface area (Å²) in [6, 6.07) is 0.520. The third-order valence-corrected chi connectivity index (χ3v) is 2.79. The van der Waals surface area contributed by atoms with Gasteiger partial charge in [-0.15, -0.1) is 0 Å². The zero-order valence-electron chi connectivity index (χ0n) is 9.38. The summed E-state index contributed by atoms with van der Waals surface area (Å²) in [5, 5.41) is 0. The Morgan fingerprint density at radius 1 is 1.31 bits per heavy atom. The first-order chi connectivity index (χ1) is 5.94. The molecule has 78 valence electrons. The van der Waals surface area contributed by atoms with Gasteiger partial charge in [-0.3, -0.25) is 0 Å². The summed E-state index contributed by atoms with van der Waals surface area (Å²) < 4.78 is 0. The fourth-order valence-electron chi connectivity index (χ4n) is 2.40. The van der Waals surface area contributed by atoms with Crippen molar-refractivity contribution in [2.75, 3.05) is 40.3 Å². The van der Waals surface area contributed by atoms with Gasteiger partial charge in [-0.1, -0.05) is 13.8 Å². The smallest absolute Gasteiger partial charge is 0.0342 e. The molecule has 1 saturated heterocycles. The molecule has 0 spiro atoms. The monoisotopic (exact) mass is 185 g/mol. The predicted octanol–water partition coefficient (Wildman–Crippen LogP) is 0.217. The Kier molecular flexibility index (Phi) is 3.33. The molecule has 1 heterocycles. The molecule has 0 aromatic carbocycles. The molecule has 0 aliphatic carbocycles. The number of nitrogens with two attached hydrogens (primary N) is 1. The fourth-order valence-corrected chi connectivity index (χ4v) is 2.40. The van der Waals surface area contributed by atoms with E-state index in [4.69, 9.17) is 5.73 Å². The number of nitrogens with zero attached hydrogens (tertiary/aromatic N) is 2. The minimum atomic E-state index is 0.382. The molecule has 3 heteroatoms. The molecule has 0 bridgehead atoms. The molecule has 0 saturated carbocycles. The van der Waals surface area contributed by atoms with Crippen LogP contribution in [0.15, 0.2) is 0 Å². The highest BCUT2D eigenvalue weighted by Crippen LogP contribution is 2.22. The normalized spacial score (nSPS) is 31.6. The largest absolute Gasteiger partial charge is 0.329 e. The van der Waals surface area contributed by atoms with Crippen molar-refractivity contribution in [3.63, 3.8) is 0 Å². The highest BCUT2D eigenvalue weighted by molar-refractivity contribution is 4.85. The van der Waals surface area contributed by atoms with Crippen LogP contribution in [-0.4, -0.2) is 56.1 Å². The van der Waals surface area contributed by atoms with E-state index in [0.717, 1.165) is 26.2 Å². The minimum absolute atomic E-state index is 0.382. The molecule has 0 amide bonds. The van der Waals surface area contributed by atoms with Crippen LogP contribution in [0.4, 0.5) is 0 Å². The van der Waals surface area contributed by atoms with Crippen molar-refractivity contribution in [1.82, 2.24) is 9.80 Å². The van der Waals surface area contributed by atoms with E-state index in [0.29, 0.717) is 11.5 Å². The van der Waals surface area contributed by atoms with E-state index in [2.05, 4.69) is 37.7 Å². The molecule has 1 atom stereocenters. The predicted molar refractivity (Wildman–Crippen MR) is 56.8 cm³/mol. The lowest BCUT2D eigenvalue weighted by Gasteiger charge is -2.29. The molecule has 0 aromatic heterocycles. The molecule has 2 N–H and O–H groups in total. The maximum atomic E-state index is 5.75. The van der Waals surface area contributed by atoms with Crippen molar-refractivity contribution < 1.29 is 0 Å². The SMILES string of the molecule is CN1CC(CN)N(C)CC(C)(C)C1. The van der Waals surface area contributed by atoms with Gasteiger partial charge < -0.3 is 15.5 Å². The van der Waals surface area contributed by atoms with Crippen molar-refractivity contribution in [3.8, 4) is 0 Å². The lowest BCUT2D eigenvalue weighted by Crippen LogP contribution is -2.43. The van der Waals surface area contributed by atoms with E-state index >= 15 is 0 Å². The van der Waals surface area contributed by atoms with Crippen molar-refractivity contribution in [3.05, 3.63) is 0 Å². The van der Waals surface area contributed by atoms with E-state index in [-0.39, 0.29) is 0 Å². The summed E-state index contributed by atoms with van der Waals surface area (Å²) in [6.07, 6.45) is 0. The summed E-state index contributed by atoms with van der Waals surface area (Å²) >= 11 is 0. The summed E-state index contributed by atoms with van der Waals surface area (Å²) in [5.41, 5.74) is 6.13. The van der Waals surface area contributed by atoms with Crippen LogP contribution in [-0.2, 0) is 0 Å². The van der Waals surface area contributed by atoms with Gasteiger partial charge in [0.05, 0.1) is 0 Å². The van der Waals surface area contributed by atoms with Crippen LogP contribution in [0.5, 0.6) is 0 Å². The van der Waals surface area contributed by atoms with Gasteiger partial charge in [0.15, 0.2) is 0 Å². The summed E-state index contributed by atoms with van der Waals surface area (Å²) in [4.78, 5) is 4.78. The van der Waals surface area contributed by atoms with E-state index in [1.807, 2.05) is 0 Å². The fraction of sp³-hybridized carbons (Fsp3) is 1.00. The zero-order valence-corrected chi connectivity index (χ0v) is 9.38. The van der Waals surface area contributed by atoms with Gasteiger partial charge in [-0.2, -0.15) is 0 Å². The van der Waals surface area contributed by atoms with Crippen LogP contribution in [0.25, 0.3) is 0 Å². The van der Waals surface area contributed by atoms with Gasteiger partial charge in [-0.25, -0.2) is 0 Å².